The Labute approximate surface area is 227 Å². The normalized spacial score (nSPS) is 18.2. The first-order chi connectivity index (χ1) is 17.8. The Hall–Kier alpha value is -2.86. The number of ether oxygens (including phenoxy) is 2. The number of rotatable bonds is 6. The first-order valence-corrected chi connectivity index (χ1v) is 14.0. The number of hydrogen-bond donors (Lipinski definition) is 0. The summed E-state index contributed by atoms with van der Waals surface area (Å²) in [5.74, 6) is 1.17. The summed E-state index contributed by atoms with van der Waals surface area (Å²) in [5, 5.41) is 0. The van der Waals surface area contributed by atoms with Gasteiger partial charge in [0.15, 0.2) is 23.1 Å². The summed E-state index contributed by atoms with van der Waals surface area (Å²) in [6, 6.07) is 10.4. The standard InChI is InChI=1S/C31H34BrNO4/c1-5-36-27-16-21(15-22(32)31(27)37-17-20-13-18(2)12-19(3)14-20)28-29-23(8-6-10-25(29)34)33(4)24-9-7-11-26(35)30(24)28/h12-16,28H,5-11,17H2,1-4H3. The van der Waals surface area contributed by atoms with E-state index in [1.165, 1.54) is 11.1 Å². The number of nitrogens with zero attached hydrogens (tertiary/aromatic N) is 1. The predicted octanol–water partition coefficient (Wildman–Crippen LogP) is 7.09. The van der Waals surface area contributed by atoms with Crippen molar-refractivity contribution < 1.29 is 19.1 Å². The van der Waals surface area contributed by atoms with Crippen LogP contribution in [0.25, 0.3) is 0 Å². The minimum absolute atomic E-state index is 0.146. The Morgan fingerprint density at radius 3 is 2.03 bits per heavy atom. The van der Waals surface area contributed by atoms with Gasteiger partial charge in [0.25, 0.3) is 0 Å². The van der Waals surface area contributed by atoms with Crippen molar-refractivity contribution in [2.75, 3.05) is 13.7 Å². The molecule has 0 saturated heterocycles. The summed E-state index contributed by atoms with van der Waals surface area (Å²) in [6.45, 7) is 7.00. The lowest BCUT2D eigenvalue weighted by Crippen LogP contribution is -2.37. The van der Waals surface area contributed by atoms with E-state index in [0.717, 1.165) is 63.8 Å². The largest absolute Gasteiger partial charge is 0.490 e. The second kappa shape index (κ2) is 10.5. The number of ketones is 2. The molecule has 0 radical (unpaired) electrons. The second-order valence-electron chi connectivity index (χ2n) is 10.3. The number of aryl methyl sites for hydroxylation is 2. The van der Waals surface area contributed by atoms with Crippen molar-refractivity contribution in [2.24, 2.45) is 0 Å². The molecular formula is C31H34BrNO4. The van der Waals surface area contributed by atoms with Gasteiger partial charge in [-0.2, -0.15) is 0 Å². The highest BCUT2D eigenvalue weighted by Gasteiger charge is 2.42. The second-order valence-corrected chi connectivity index (χ2v) is 11.2. The third kappa shape index (κ3) is 4.88. The number of halogens is 1. The molecule has 0 saturated carbocycles. The summed E-state index contributed by atoms with van der Waals surface area (Å²) in [7, 11) is 2.02. The van der Waals surface area contributed by atoms with Crippen molar-refractivity contribution in [1.82, 2.24) is 4.90 Å². The fraction of sp³-hybridized carbons (Fsp3) is 0.419. The Kier molecular flexibility index (Phi) is 7.30. The minimum Gasteiger partial charge on any atom is -0.490 e. The molecule has 0 N–H and O–H groups in total. The quantitative estimate of drug-likeness (QED) is 0.375. The minimum atomic E-state index is -0.370. The van der Waals surface area contributed by atoms with Crippen molar-refractivity contribution in [1.29, 1.82) is 0 Å². The molecule has 0 atom stereocenters. The maximum atomic E-state index is 13.3. The summed E-state index contributed by atoms with van der Waals surface area (Å²) >= 11 is 3.74. The molecule has 0 aromatic heterocycles. The molecule has 0 amide bonds. The van der Waals surface area contributed by atoms with Crippen LogP contribution in [0.15, 0.2) is 57.3 Å². The number of carbonyl (C=O) groups is 2. The maximum Gasteiger partial charge on any atom is 0.175 e. The summed E-state index contributed by atoms with van der Waals surface area (Å²) in [5.41, 5.74) is 8.08. The fourth-order valence-electron chi connectivity index (χ4n) is 6.15. The lowest BCUT2D eigenvalue weighted by atomic mass is 9.71. The van der Waals surface area contributed by atoms with Gasteiger partial charge < -0.3 is 14.4 Å². The van der Waals surface area contributed by atoms with Gasteiger partial charge in [0.1, 0.15) is 6.61 Å². The van der Waals surface area contributed by atoms with Gasteiger partial charge in [0.05, 0.1) is 11.1 Å². The lowest BCUT2D eigenvalue weighted by molar-refractivity contribution is -0.117. The molecule has 0 bridgehead atoms. The number of allylic oxidation sites excluding steroid dienone is 4. The van der Waals surface area contributed by atoms with Gasteiger partial charge in [-0.1, -0.05) is 29.3 Å². The molecule has 0 fully saturated rings. The molecule has 5 rings (SSSR count). The van der Waals surface area contributed by atoms with E-state index in [0.29, 0.717) is 37.6 Å². The van der Waals surface area contributed by atoms with E-state index in [1.807, 2.05) is 26.1 Å². The van der Waals surface area contributed by atoms with Crippen LogP contribution in [0, 0.1) is 13.8 Å². The highest BCUT2D eigenvalue weighted by atomic mass is 79.9. The van der Waals surface area contributed by atoms with Crippen LogP contribution in [0.4, 0.5) is 0 Å². The molecule has 37 heavy (non-hydrogen) atoms. The Morgan fingerprint density at radius 2 is 1.46 bits per heavy atom. The van der Waals surface area contributed by atoms with Crippen LogP contribution in [0.3, 0.4) is 0 Å². The molecule has 5 nitrogen and oxygen atoms in total. The van der Waals surface area contributed by atoms with Crippen LogP contribution >= 0.6 is 15.9 Å². The van der Waals surface area contributed by atoms with Gasteiger partial charge in [-0.15, -0.1) is 0 Å². The van der Waals surface area contributed by atoms with Crippen molar-refractivity contribution in [3.63, 3.8) is 0 Å². The highest BCUT2D eigenvalue weighted by Crippen LogP contribution is 2.50. The number of hydrogen-bond acceptors (Lipinski definition) is 5. The van der Waals surface area contributed by atoms with E-state index < -0.39 is 0 Å². The molecule has 0 spiro atoms. The fourth-order valence-corrected chi connectivity index (χ4v) is 6.73. The van der Waals surface area contributed by atoms with E-state index in [2.05, 4.69) is 52.9 Å². The van der Waals surface area contributed by atoms with E-state index >= 15 is 0 Å². The average Bonchev–Trinajstić information content (AvgIpc) is 2.84. The van der Waals surface area contributed by atoms with Crippen molar-refractivity contribution in [2.45, 2.75) is 71.8 Å². The van der Waals surface area contributed by atoms with Crippen LogP contribution in [-0.4, -0.2) is 30.1 Å². The van der Waals surface area contributed by atoms with Gasteiger partial charge in [-0.05, 0) is 85.6 Å². The van der Waals surface area contributed by atoms with E-state index in [4.69, 9.17) is 9.47 Å². The van der Waals surface area contributed by atoms with Crippen molar-refractivity contribution in [3.8, 4) is 11.5 Å². The lowest BCUT2D eigenvalue weighted by Gasteiger charge is -2.42. The van der Waals surface area contributed by atoms with Crippen LogP contribution in [-0.2, 0) is 16.2 Å². The zero-order chi connectivity index (χ0) is 26.3. The summed E-state index contributed by atoms with van der Waals surface area (Å²) in [4.78, 5) is 28.8. The Bertz CT molecular complexity index is 1270. The molecule has 6 heteroatoms. The van der Waals surface area contributed by atoms with Gasteiger partial charge in [0.2, 0.25) is 0 Å². The zero-order valence-electron chi connectivity index (χ0n) is 22.1. The highest BCUT2D eigenvalue weighted by molar-refractivity contribution is 9.10. The Balaban J connectivity index is 1.59. The van der Waals surface area contributed by atoms with E-state index in [1.54, 1.807) is 0 Å². The monoisotopic (exact) mass is 563 g/mol. The molecule has 2 aromatic rings. The molecule has 1 aliphatic heterocycles. The van der Waals surface area contributed by atoms with Crippen LogP contribution in [0.1, 0.15) is 73.6 Å². The number of benzene rings is 2. The molecular weight excluding hydrogens is 530 g/mol. The van der Waals surface area contributed by atoms with Gasteiger partial charge >= 0.3 is 0 Å². The van der Waals surface area contributed by atoms with Gasteiger partial charge in [-0.3, -0.25) is 9.59 Å². The van der Waals surface area contributed by atoms with Crippen molar-refractivity contribution in [3.05, 3.63) is 79.6 Å². The van der Waals surface area contributed by atoms with Gasteiger partial charge in [0, 0.05) is 48.3 Å². The van der Waals surface area contributed by atoms with Crippen LogP contribution in [0.5, 0.6) is 11.5 Å². The van der Waals surface area contributed by atoms with E-state index in [-0.39, 0.29) is 17.5 Å². The Morgan fingerprint density at radius 1 is 0.865 bits per heavy atom. The first-order valence-electron chi connectivity index (χ1n) is 13.2. The average molecular weight is 565 g/mol. The molecule has 2 aromatic carbocycles. The topological polar surface area (TPSA) is 55.8 Å². The molecule has 194 valence electrons. The molecule has 3 aliphatic rings. The number of Topliss-reactive ketones (excluding diaryl/α,β-unsaturated/α-hetero) is 2. The van der Waals surface area contributed by atoms with Gasteiger partial charge in [-0.25, -0.2) is 0 Å². The maximum absolute atomic E-state index is 13.3. The zero-order valence-corrected chi connectivity index (χ0v) is 23.7. The summed E-state index contributed by atoms with van der Waals surface area (Å²) < 4.78 is 13.1. The van der Waals surface area contributed by atoms with Crippen molar-refractivity contribution >= 4 is 27.5 Å². The molecule has 1 heterocycles. The molecule has 2 aliphatic carbocycles. The third-order valence-corrected chi connectivity index (χ3v) is 8.16. The third-order valence-electron chi connectivity index (χ3n) is 7.57. The smallest absolute Gasteiger partial charge is 0.175 e. The number of carbonyl (C=O) groups excluding carboxylic acids is 2. The van der Waals surface area contributed by atoms with Crippen LogP contribution < -0.4 is 9.47 Å². The van der Waals surface area contributed by atoms with Crippen LogP contribution in [0.2, 0.25) is 0 Å². The van der Waals surface area contributed by atoms with E-state index in [9.17, 15) is 9.59 Å². The SMILES string of the molecule is CCOc1cc(C2C3=C(CCCC3=O)N(C)C3=C2C(=O)CCC3)cc(Br)c1OCc1cc(C)cc(C)c1. The summed E-state index contributed by atoms with van der Waals surface area (Å²) in [6.07, 6.45) is 4.47. The first kappa shape index (κ1) is 25.8. The predicted molar refractivity (Wildman–Crippen MR) is 148 cm³/mol. The molecule has 0 unspecified atom stereocenters.